The quantitative estimate of drug-likeness (QED) is 0.519. The minimum Gasteiger partial charge on any atom is -0.474 e. The second-order valence-corrected chi connectivity index (χ2v) is 6.21. The Labute approximate surface area is 143 Å². The standard InChI is InChI=1S/C20H13ClO3/c21-14-8-5-13(6-9-14)19(23)20-17(22)11-16-15-4-2-1-3-12(15)7-10-18(16)24-20/h1-10,20H,11H2. The SMILES string of the molecule is O=C1Cc2c(ccc3ccccc23)OC1C(=O)c1ccc(Cl)cc1. The molecule has 24 heavy (non-hydrogen) atoms. The van der Waals surface area contributed by atoms with Crippen molar-refractivity contribution in [3.8, 4) is 5.75 Å². The lowest BCUT2D eigenvalue weighted by molar-refractivity contribution is -0.124. The highest BCUT2D eigenvalue weighted by molar-refractivity contribution is 6.30. The van der Waals surface area contributed by atoms with Crippen LogP contribution in [-0.4, -0.2) is 17.7 Å². The van der Waals surface area contributed by atoms with Crippen LogP contribution in [0.15, 0.2) is 60.7 Å². The molecule has 0 saturated carbocycles. The normalized spacial score (nSPS) is 16.5. The minimum absolute atomic E-state index is 0.195. The first-order chi connectivity index (χ1) is 11.6. The number of ketones is 2. The first-order valence-electron chi connectivity index (χ1n) is 7.63. The van der Waals surface area contributed by atoms with E-state index >= 15 is 0 Å². The van der Waals surface area contributed by atoms with Crippen molar-refractivity contribution >= 4 is 33.9 Å². The van der Waals surface area contributed by atoms with E-state index < -0.39 is 6.10 Å². The van der Waals surface area contributed by atoms with E-state index in [0.29, 0.717) is 16.3 Å². The Morgan fingerprint density at radius 3 is 2.54 bits per heavy atom. The van der Waals surface area contributed by atoms with Crippen molar-refractivity contribution in [2.45, 2.75) is 12.5 Å². The first kappa shape index (κ1) is 14.9. The third-order valence-electron chi connectivity index (χ3n) is 4.25. The van der Waals surface area contributed by atoms with Gasteiger partial charge in [0.1, 0.15) is 5.75 Å². The van der Waals surface area contributed by atoms with Crippen LogP contribution in [0.5, 0.6) is 5.75 Å². The van der Waals surface area contributed by atoms with Crippen LogP contribution in [-0.2, 0) is 11.2 Å². The van der Waals surface area contributed by atoms with Crippen molar-refractivity contribution in [1.82, 2.24) is 0 Å². The smallest absolute Gasteiger partial charge is 0.219 e. The lowest BCUT2D eigenvalue weighted by atomic mass is 9.92. The predicted octanol–water partition coefficient (Wildman–Crippen LogP) is 4.25. The number of halogens is 1. The Kier molecular flexibility index (Phi) is 3.58. The van der Waals surface area contributed by atoms with Gasteiger partial charge in [-0.25, -0.2) is 0 Å². The van der Waals surface area contributed by atoms with Crippen LogP contribution in [0, 0.1) is 0 Å². The van der Waals surface area contributed by atoms with Crippen molar-refractivity contribution < 1.29 is 14.3 Å². The Morgan fingerprint density at radius 1 is 1.00 bits per heavy atom. The average Bonchev–Trinajstić information content (AvgIpc) is 2.61. The first-order valence-corrected chi connectivity index (χ1v) is 8.01. The molecule has 1 aliphatic heterocycles. The summed E-state index contributed by atoms with van der Waals surface area (Å²) in [4.78, 5) is 25.1. The molecular weight excluding hydrogens is 324 g/mol. The van der Waals surface area contributed by atoms with Crippen LogP contribution in [0.25, 0.3) is 10.8 Å². The monoisotopic (exact) mass is 336 g/mol. The van der Waals surface area contributed by atoms with Crippen LogP contribution < -0.4 is 4.74 Å². The molecule has 0 saturated heterocycles. The highest BCUT2D eigenvalue weighted by atomic mass is 35.5. The molecule has 1 atom stereocenters. The molecule has 0 amide bonds. The largest absolute Gasteiger partial charge is 0.474 e. The molecule has 0 fully saturated rings. The van der Waals surface area contributed by atoms with Gasteiger partial charge in [0.15, 0.2) is 5.78 Å². The summed E-state index contributed by atoms with van der Waals surface area (Å²) >= 11 is 5.84. The molecule has 1 heterocycles. The molecule has 0 spiro atoms. The molecule has 1 aliphatic rings. The van der Waals surface area contributed by atoms with Gasteiger partial charge in [0.25, 0.3) is 0 Å². The molecule has 3 aromatic rings. The fourth-order valence-electron chi connectivity index (χ4n) is 3.03. The molecule has 3 nitrogen and oxygen atoms in total. The maximum absolute atomic E-state index is 12.6. The maximum Gasteiger partial charge on any atom is 0.219 e. The zero-order valence-corrected chi connectivity index (χ0v) is 13.4. The second-order valence-electron chi connectivity index (χ2n) is 5.78. The van der Waals surface area contributed by atoms with E-state index in [4.69, 9.17) is 16.3 Å². The van der Waals surface area contributed by atoms with E-state index in [1.165, 1.54) is 0 Å². The van der Waals surface area contributed by atoms with Gasteiger partial charge in [-0.05, 0) is 41.1 Å². The lowest BCUT2D eigenvalue weighted by Crippen LogP contribution is -2.40. The summed E-state index contributed by atoms with van der Waals surface area (Å²) in [7, 11) is 0. The third-order valence-corrected chi connectivity index (χ3v) is 4.50. The van der Waals surface area contributed by atoms with Gasteiger partial charge in [-0.3, -0.25) is 9.59 Å². The molecule has 0 radical (unpaired) electrons. The van der Waals surface area contributed by atoms with Crippen molar-refractivity contribution in [2.24, 2.45) is 0 Å². The molecule has 0 aromatic heterocycles. The van der Waals surface area contributed by atoms with E-state index in [9.17, 15) is 9.59 Å². The van der Waals surface area contributed by atoms with Gasteiger partial charge in [0.05, 0.1) is 0 Å². The highest BCUT2D eigenvalue weighted by Gasteiger charge is 2.34. The number of rotatable bonds is 2. The average molecular weight is 337 g/mol. The van der Waals surface area contributed by atoms with Crippen LogP contribution in [0.1, 0.15) is 15.9 Å². The molecule has 0 bridgehead atoms. The molecule has 1 unspecified atom stereocenters. The number of Topliss-reactive ketones (excluding diaryl/α,β-unsaturated/α-hetero) is 2. The van der Waals surface area contributed by atoms with Crippen LogP contribution in [0.3, 0.4) is 0 Å². The summed E-state index contributed by atoms with van der Waals surface area (Å²) in [5.74, 6) is 0.0369. The third kappa shape index (κ3) is 2.47. The molecule has 4 rings (SSSR count). The van der Waals surface area contributed by atoms with E-state index in [-0.39, 0.29) is 18.0 Å². The maximum atomic E-state index is 12.6. The van der Waals surface area contributed by atoms with Gasteiger partial charge < -0.3 is 4.74 Å². The molecule has 4 heteroatoms. The van der Waals surface area contributed by atoms with Gasteiger partial charge in [0.2, 0.25) is 11.9 Å². The van der Waals surface area contributed by atoms with Crippen LogP contribution >= 0.6 is 11.6 Å². The summed E-state index contributed by atoms with van der Waals surface area (Å²) in [6.45, 7) is 0. The highest BCUT2D eigenvalue weighted by Crippen LogP contribution is 2.33. The number of benzene rings is 3. The van der Waals surface area contributed by atoms with Crippen molar-refractivity contribution in [2.75, 3.05) is 0 Å². The molecule has 3 aromatic carbocycles. The fraction of sp³-hybridized carbons (Fsp3) is 0.100. The van der Waals surface area contributed by atoms with E-state index in [1.807, 2.05) is 36.4 Å². The van der Waals surface area contributed by atoms with E-state index in [2.05, 4.69) is 0 Å². The summed E-state index contributed by atoms with van der Waals surface area (Å²) in [5.41, 5.74) is 1.26. The van der Waals surface area contributed by atoms with Crippen molar-refractivity contribution in [3.05, 3.63) is 76.8 Å². The van der Waals surface area contributed by atoms with E-state index in [0.717, 1.165) is 16.3 Å². The van der Waals surface area contributed by atoms with Gasteiger partial charge in [0, 0.05) is 22.6 Å². The number of hydrogen-bond donors (Lipinski definition) is 0. The molecule has 0 aliphatic carbocycles. The summed E-state index contributed by atoms with van der Waals surface area (Å²) in [6, 6.07) is 18.1. The number of fused-ring (bicyclic) bond motifs is 3. The zero-order chi connectivity index (χ0) is 16.7. The number of carbonyl (C=O) groups excluding carboxylic acids is 2. The molecular formula is C20H13ClO3. The van der Waals surface area contributed by atoms with Gasteiger partial charge in [-0.1, -0.05) is 41.9 Å². The van der Waals surface area contributed by atoms with Gasteiger partial charge in [-0.15, -0.1) is 0 Å². The van der Waals surface area contributed by atoms with Crippen LogP contribution in [0.4, 0.5) is 0 Å². The number of carbonyl (C=O) groups is 2. The van der Waals surface area contributed by atoms with Crippen molar-refractivity contribution in [3.63, 3.8) is 0 Å². The summed E-state index contributed by atoms with van der Waals surface area (Å²) < 4.78 is 5.77. The number of ether oxygens (including phenoxy) is 1. The zero-order valence-electron chi connectivity index (χ0n) is 12.7. The van der Waals surface area contributed by atoms with Crippen molar-refractivity contribution in [1.29, 1.82) is 0 Å². The topological polar surface area (TPSA) is 43.4 Å². The molecule has 118 valence electrons. The summed E-state index contributed by atoms with van der Waals surface area (Å²) in [6.07, 6.45) is -0.902. The Balaban J connectivity index is 1.71. The van der Waals surface area contributed by atoms with Gasteiger partial charge >= 0.3 is 0 Å². The molecule has 0 N–H and O–H groups in total. The number of hydrogen-bond acceptors (Lipinski definition) is 3. The Bertz CT molecular complexity index is 960. The minimum atomic E-state index is -1.10. The second kappa shape index (κ2) is 5.77. The van der Waals surface area contributed by atoms with Gasteiger partial charge in [-0.2, -0.15) is 0 Å². The predicted molar refractivity (Wildman–Crippen MR) is 92.9 cm³/mol. The van der Waals surface area contributed by atoms with E-state index in [1.54, 1.807) is 24.3 Å². The fourth-order valence-corrected chi connectivity index (χ4v) is 3.16. The summed E-state index contributed by atoms with van der Waals surface area (Å²) in [5, 5.41) is 2.58. The lowest BCUT2D eigenvalue weighted by Gasteiger charge is -2.25. The van der Waals surface area contributed by atoms with Crippen LogP contribution in [0.2, 0.25) is 5.02 Å². The Morgan fingerprint density at radius 2 is 1.75 bits per heavy atom. The Hall–Kier alpha value is -2.65.